The number of carbonyl (C=O) groups is 1. The van der Waals surface area contributed by atoms with E-state index in [-0.39, 0.29) is 11.8 Å². The molecule has 16 heavy (non-hydrogen) atoms. The van der Waals surface area contributed by atoms with E-state index in [9.17, 15) is 4.79 Å². The molecule has 1 aliphatic rings. The number of amides is 1. The van der Waals surface area contributed by atoms with E-state index in [0.717, 1.165) is 12.8 Å². The zero-order valence-corrected chi connectivity index (χ0v) is 11.2. The van der Waals surface area contributed by atoms with Gasteiger partial charge in [0.05, 0.1) is 10.9 Å². The van der Waals surface area contributed by atoms with Crippen molar-refractivity contribution in [2.24, 2.45) is 11.7 Å². The number of carbonyl (C=O) groups excluding carboxylic acids is 1. The Labute approximate surface area is 103 Å². The Morgan fingerprint density at radius 1 is 1.44 bits per heavy atom. The minimum atomic E-state index is -0.280. The van der Waals surface area contributed by atoms with Gasteiger partial charge in [-0.25, -0.2) is 0 Å². The third-order valence-electron chi connectivity index (χ3n) is 3.50. The molecule has 3 atom stereocenters. The Morgan fingerprint density at radius 2 is 1.94 bits per heavy atom. The number of rotatable bonds is 3. The maximum Gasteiger partial charge on any atom is 0.232 e. The van der Waals surface area contributed by atoms with Gasteiger partial charge in [-0.1, -0.05) is 19.1 Å². The normalized spacial score (nSPS) is 27.6. The second-order valence-electron chi connectivity index (χ2n) is 4.74. The Bertz CT molecular complexity index is 270. The molecule has 3 nitrogen and oxygen atoms in total. The van der Waals surface area contributed by atoms with Gasteiger partial charge in [-0.3, -0.25) is 4.79 Å². The van der Waals surface area contributed by atoms with Crippen LogP contribution < -0.4 is 5.73 Å². The fraction of sp³-hybridized carbons (Fsp3) is 0.833. The number of thiocarbonyl (C=S) groups is 1. The lowest BCUT2D eigenvalue weighted by Gasteiger charge is -2.40. The summed E-state index contributed by atoms with van der Waals surface area (Å²) in [5.74, 6) is -0.160. The van der Waals surface area contributed by atoms with Crippen LogP contribution in [0.4, 0.5) is 0 Å². The van der Waals surface area contributed by atoms with Crippen LogP contribution in [0, 0.1) is 5.92 Å². The Balaban J connectivity index is 2.80. The molecule has 1 rings (SSSR count). The quantitative estimate of drug-likeness (QED) is 0.771. The SMILES string of the molecule is CCC(C(=O)N1[C@H](C)CCC[C@@H]1C)C(N)=S. The lowest BCUT2D eigenvalue weighted by atomic mass is 9.94. The lowest BCUT2D eigenvalue weighted by molar-refractivity contribution is -0.139. The lowest BCUT2D eigenvalue weighted by Crippen LogP contribution is -2.51. The molecule has 0 aromatic rings. The van der Waals surface area contributed by atoms with Gasteiger partial charge in [-0.2, -0.15) is 0 Å². The molecule has 0 spiro atoms. The molecule has 1 aliphatic heterocycles. The smallest absolute Gasteiger partial charge is 0.232 e. The second-order valence-corrected chi connectivity index (χ2v) is 5.21. The van der Waals surface area contributed by atoms with Crippen LogP contribution >= 0.6 is 12.2 Å². The van der Waals surface area contributed by atoms with Gasteiger partial charge >= 0.3 is 0 Å². The molecule has 1 amide bonds. The minimum absolute atomic E-state index is 0.120. The minimum Gasteiger partial charge on any atom is -0.393 e. The molecule has 0 aromatic heterocycles. The van der Waals surface area contributed by atoms with E-state index in [1.54, 1.807) is 0 Å². The van der Waals surface area contributed by atoms with E-state index >= 15 is 0 Å². The predicted molar refractivity (Wildman–Crippen MR) is 70.2 cm³/mol. The van der Waals surface area contributed by atoms with Crippen LogP contribution in [-0.2, 0) is 4.79 Å². The first-order chi connectivity index (χ1) is 7.49. The number of hydrogen-bond acceptors (Lipinski definition) is 2. The second kappa shape index (κ2) is 5.62. The Morgan fingerprint density at radius 3 is 2.31 bits per heavy atom. The van der Waals surface area contributed by atoms with Gasteiger partial charge in [-0.15, -0.1) is 0 Å². The van der Waals surface area contributed by atoms with Gasteiger partial charge in [-0.05, 0) is 39.5 Å². The van der Waals surface area contributed by atoms with Crippen molar-refractivity contribution in [2.75, 3.05) is 0 Å². The highest BCUT2D eigenvalue weighted by Gasteiger charge is 2.33. The Hall–Kier alpha value is -0.640. The molecule has 0 radical (unpaired) electrons. The van der Waals surface area contributed by atoms with Crippen LogP contribution in [-0.4, -0.2) is 27.9 Å². The van der Waals surface area contributed by atoms with Crippen molar-refractivity contribution in [1.29, 1.82) is 0 Å². The summed E-state index contributed by atoms with van der Waals surface area (Å²) in [7, 11) is 0. The fourth-order valence-electron chi connectivity index (χ4n) is 2.53. The molecular formula is C12H22N2OS. The maximum atomic E-state index is 12.4. The van der Waals surface area contributed by atoms with Crippen LogP contribution in [0.2, 0.25) is 0 Å². The van der Waals surface area contributed by atoms with Crippen molar-refractivity contribution in [3.8, 4) is 0 Å². The highest BCUT2D eigenvalue weighted by molar-refractivity contribution is 7.80. The fourth-order valence-corrected chi connectivity index (χ4v) is 2.80. The number of hydrogen-bond donors (Lipinski definition) is 1. The summed E-state index contributed by atoms with van der Waals surface area (Å²) in [6, 6.07) is 0.638. The molecule has 2 N–H and O–H groups in total. The van der Waals surface area contributed by atoms with Crippen molar-refractivity contribution in [3.05, 3.63) is 0 Å². The molecule has 0 aromatic carbocycles. The zero-order valence-electron chi connectivity index (χ0n) is 10.4. The van der Waals surface area contributed by atoms with Crippen LogP contribution in [0.3, 0.4) is 0 Å². The molecule has 1 saturated heterocycles. The first kappa shape index (κ1) is 13.4. The number of nitrogens with zero attached hydrogens (tertiary/aromatic N) is 1. The van der Waals surface area contributed by atoms with Gasteiger partial charge in [0.2, 0.25) is 5.91 Å². The maximum absolute atomic E-state index is 12.4. The topological polar surface area (TPSA) is 46.3 Å². The van der Waals surface area contributed by atoms with Crippen molar-refractivity contribution in [3.63, 3.8) is 0 Å². The molecule has 92 valence electrons. The zero-order chi connectivity index (χ0) is 12.3. The molecule has 1 fully saturated rings. The molecule has 1 heterocycles. The highest BCUT2D eigenvalue weighted by atomic mass is 32.1. The predicted octanol–water partition coefficient (Wildman–Crippen LogP) is 2.09. The highest BCUT2D eigenvalue weighted by Crippen LogP contribution is 2.25. The van der Waals surface area contributed by atoms with Gasteiger partial charge in [0.1, 0.15) is 0 Å². The summed E-state index contributed by atoms with van der Waals surface area (Å²) in [5, 5.41) is 0. The van der Waals surface area contributed by atoms with Gasteiger partial charge < -0.3 is 10.6 Å². The number of likely N-dealkylation sites (tertiary alicyclic amines) is 1. The first-order valence-electron chi connectivity index (χ1n) is 6.10. The van der Waals surface area contributed by atoms with Crippen molar-refractivity contribution < 1.29 is 4.79 Å². The molecule has 4 heteroatoms. The standard InChI is InChI=1S/C12H22N2OS/c1-4-10(11(13)16)12(15)14-8(2)6-5-7-9(14)3/h8-10H,4-7H2,1-3H3,(H2,13,16)/t8-,9+,10?. The Kier molecular flexibility index (Phi) is 4.71. The summed E-state index contributed by atoms with van der Waals surface area (Å²) in [6.07, 6.45) is 4.08. The monoisotopic (exact) mass is 242 g/mol. The first-order valence-corrected chi connectivity index (χ1v) is 6.51. The van der Waals surface area contributed by atoms with Gasteiger partial charge in [0.15, 0.2) is 0 Å². The molecule has 1 unspecified atom stereocenters. The van der Waals surface area contributed by atoms with E-state index in [0.29, 0.717) is 23.5 Å². The number of nitrogens with two attached hydrogens (primary N) is 1. The molecular weight excluding hydrogens is 220 g/mol. The van der Waals surface area contributed by atoms with Crippen molar-refractivity contribution >= 4 is 23.1 Å². The summed E-state index contributed by atoms with van der Waals surface area (Å²) in [6.45, 7) is 6.18. The summed E-state index contributed by atoms with van der Waals surface area (Å²) >= 11 is 4.97. The van der Waals surface area contributed by atoms with Crippen LogP contribution in [0.1, 0.15) is 46.5 Å². The van der Waals surface area contributed by atoms with E-state index in [4.69, 9.17) is 18.0 Å². The van der Waals surface area contributed by atoms with E-state index in [1.165, 1.54) is 6.42 Å². The molecule has 0 aliphatic carbocycles. The van der Waals surface area contributed by atoms with Crippen LogP contribution in [0.15, 0.2) is 0 Å². The van der Waals surface area contributed by atoms with E-state index < -0.39 is 0 Å². The van der Waals surface area contributed by atoms with Crippen LogP contribution in [0.5, 0.6) is 0 Å². The largest absolute Gasteiger partial charge is 0.393 e. The van der Waals surface area contributed by atoms with Crippen LogP contribution in [0.25, 0.3) is 0 Å². The number of piperidine rings is 1. The molecule has 0 bridgehead atoms. The average molecular weight is 242 g/mol. The summed E-state index contributed by atoms with van der Waals surface area (Å²) < 4.78 is 0. The summed E-state index contributed by atoms with van der Waals surface area (Å²) in [4.78, 5) is 14.7. The third kappa shape index (κ3) is 2.73. The van der Waals surface area contributed by atoms with Gasteiger partial charge in [0.25, 0.3) is 0 Å². The average Bonchev–Trinajstić information content (AvgIpc) is 2.17. The van der Waals surface area contributed by atoms with Crippen molar-refractivity contribution in [2.45, 2.75) is 58.5 Å². The summed E-state index contributed by atoms with van der Waals surface area (Å²) in [5.41, 5.74) is 5.63. The molecule has 0 saturated carbocycles. The third-order valence-corrected chi connectivity index (χ3v) is 3.78. The van der Waals surface area contributed by atoms with E-state index in [2.05, 4.69) is 13.8 Å². The van der Waals surface area contributed by atoms with E-state index in [1.807, 2.05) is 11.8 Å². The van der Waals surface area contributed by atoms with Gasteiger partial charge in [0, 0.05) is 12.1 Å². The van der Waals surface area contributed by atoms with Crippen molar-refractivity contribution in [1.82, 2.24) is 4.90 Å².